The second kappa shape index (κ2) is 9.02. The summed E-state index contributed by atoms with van der Waals surface area (Å²) < 4.78 is 12.6. The van der Waals surface area contributed by atoms with Crippen LogP contribution in [-0.2, 0) is 9.31 Å². The summed E-state index contributed by atoms with van der Waals surface area (Å²) in [6.07, 6.45) is 0. The molecule has 1 heterocycles. The number of hydrogen-bond donors (Lipinski definition) is 0. The van der Waals surface area contributed by atoms with Crippen LogP contribution in [0.5, 0.6) is 0 Å². The molecule has 5 aromatic rings. The van der Waals surface area contributed by atoms with E-state index in [9.17, 15) is 0 Å². The monoisotopic (exact) mass is 482 g/mol. The van der Waals surface area contributed by atoms with Gasteiger partial charge in [0.05, 0.1) is 11.2 Å². The van der Waals surface area contributed by atoms with E-state index < -0.39 is 0 Å². The van der Waals surface area contributed by atoms with Gasteiger partial charge in [-0.25, -0.2) is 0 Å². The highest BCUT2D eigenvalue weighted by Crippen LogP contribution is 2.38. The Labute approximate surface area is 220 Å². The van der Waals surface area contributed by atoms with Crippen LogP contribution in [0, 0.1) is 0 Å². The summed E-state index contributed by atoms with van der Waals surface area (Å²) in [5, 5.41) is 2.47. The number of rotatable bonds is 4. The molecule has 0 atom stereocenters. The van der Waals surface area contributed by atoms with E-state index in [0.29, 0.717) is 0 Å². The van der Waals surface area contributed by atoms with Gasteiger partial charge in [-0.3, -0.25) is 0 Å². The van der Waals surface area contributed by atoms with Gasteiger partial charge in [-0.2, -0.15) is 0 Å². The van der Waals surface area contributed by atoms with E-state index in [-0.39, 0.29) is 18.3 Å². The highest BCUT2D eigenvalue weighted by molar-refractivity contribution is 6.62. The van der Waals surface area contributed by atoms with Crippen LogP contribution in [0.15, 0.2) is 115 Å². The van der Waals surface area contributed by atoms with Crippen LogP contribution in [0.25, 0.3) is 44.2 Å². The van der Waals surface area contributed by atoms with Crippen LogP contribution in [0.4, 0.5) is 0 Å². The van der Waals surface area contributed by atoms with Gasteiger partial charge in [-0.05, 0) is 95.5 Å². The summed E-state index contributed by atoms with van der Waals surface area (Å²) in [5.41, 5.74) is 7.55. The van der Waals surface area contributed by atoms with Crippen LogP contribution >= 0.6 is 0 Å². The first-order valence-corrected chi connectivity index (χ1v) is 13.0. The van der Waals surface area contributed by atoms with Crippen LogP contribution < -0.4 is 5.46 Å². The standard InChI is InChI=1S/C34H31BO2/c1-33(2)34(3,4)37-35(36-33)30-17-11-16-26(22-30)27-18-19-31-29(20-27)21-28(24-12-7-5-8-13-24)23-32(31)25-14-9-6-10-15-25/h5-23H,1-4H3. The first kappa shape index (κ1) is 23.7. The van der Waals surface area contributed by atoms with Crippen molar-refractivity contribution in [3.63, 3.8) is 0 Å². The summed E-state index contributed by atoms with van der Waals surface area (Å²) in [7, 11) is -0.375. The Kier molecular flexibility index (Phi) is 5.79. The minimum Gasteiger partial charge on any atom is -0.399 e. The van der Waals surface area contributed by atoms with Gasteiger partial charge in [0.15, 0.2) is 0 Å². The predicted molar refractivity (Wildman–Crippen MR) is 156 cm³/mol. The Morgan fingerprint density at radius 1 is 0.486 bits per heavy atom. The zero-order valence-electron chi connectivity index (χ0n) is 21.9. The van der Waals surface area contributed by atoms with E-state index in [4.69, 9.17) is 9.31 Å². The van der Waals surface area contributed by atoms with Gasteiger partial charge in [-0.1, -0.05) is 97.1 Å². The SMILES string of the molecule is CC1(C)OB(c2cccc(-c3ccc4c(-c5ccccc5)cc(-c5ccccc5)cc4c3)c2)OC1(C)C. The van der Waals surface area contributed by atoms with Gasteiger partial charge in [0.2, 0.25) is 0 Å². The smallest absolute Gasteiger partial charge is 0.399 e. The molecule has 0 amide bonds. The number of fused-ring (bicyclic) bond motifs is 1. The lowest BCUT2D eigenvalue weighted by atomic mass is 9.78. The molecular formula is C34H31BO2. The Morgan fingerprint density at radius 2 is 1.05 bits per heavy atom. The Morgan fingerprint density at radius 3 is 1.73 bits per heavy atom. The molecule has 0 aliphatic carbocycles. The van der Waals surface area contributed by atoms with Crippen molar-refractivity contribution >= 4 is 23.4 Å². The molecule has 2 nitrogen and oxygen atoms in total. The maximum atomic E-state index is 6.32. The number of benzene rings is 5. The molecule has 0 unspecified atom stereocenters. The molecule has 37 heavy (non-hydrogen) atoms. The summed E-state index contributed by atoms with van der Waals surface area (Å²) >= 11 is 0. The molecular weight excluding hydrogens is 451 g/mol. The Bertz CT molecular complexity index is 1560. The molecule has 1 aliphatic rings. The van der Waals surface area contributed by atoms with Crippen molar-refractivity contribution in [3.05, 3.63) is 115 Å². The van der Waals surface area contributed by atoms with Crippen molar-refractivity contribution < 1.29 is 9.31 Å². The van der Waals surface area contributed by atoms with Gasteiger partial charge in [0, 0.05) is 0 Å². The minimum absolute atomic E-state index is 0.363. The molecule has 5 aromatic carbocycles. The highest BCUT2D eigenvalue weighted by atomic mass is 16.7. The normalized spacial score (nSPS) is 16.3. The highest BCUT2D eigenvalue weighted by Gasteiger charge is 2.51. The van der Waals surface area contributed by atoms with E-state index >= 15 is 0 Å². The van der Waals surface area contributed by atoms with Gasteiger partial charge < -0.3 is 9.31 Å². The molecule has 6 rings (SSSR count). The van der Waals surface area contributed by atoms with Crippen molar-refractivity contribution in [1.82, 2.24) is 0 Å². The first-order valence-electron chi connectivity index (χ1n) is 13.0. The Hall–Kier alpha value is -3.66. The van der Waals surface area contributed by atoms with Crippen molar-refractivity contribution in [3.8, 4) is 33.4 Å². The zero-order valence-corrected chi connectivity index (χ0v) is 21.9. The second-order valence-corrected chi connectivity index (χ2v) is 10.9. The number of hydrogen-bond acceptors (Lipinski definition) is 2. The fraction of sp³-hybridized carbons (Fsp3) is 0.176. The first-order chi connectivity index (χ1) is 17.8. The lowest BCUT2D eigenvalue weighted by Crippen LogP contribution is -2.41. The van der Waals surface area contributed by atoms with Crippen molar-refractivity contribution in [2.75, 3.05) is 0 Å². The van der Waals surface area contributed by atoms with Gasteiger partial charge in [0.25, 0.3) is 0 Å². The molecule has 3 heteroatoms. The molecule has 0 N–H and O–H groups in total. The largest absolute Gasteiger partial charge is 0.494 e. The average Bonchev–Trinajstić information content (AvgIpc) is 3.15. The molecule has 1 saturated heterocycles. The summed E-state index contributed by atoms with van der Waals surface area (Å²) in [5.74, 6) is 0. The summed E-state index contributed by atoms with van der Waals surface area (Å²) in [4.78, 5) is 0. The average molecular weight is 482 g/mol. The molecule has 0 spiro atoms. The summed E-state index contributed by atoms with van der Waals surface area (Å²) in [6.45, 7) is 8.37. The third-order valence-electron chi connectivity index (χ3n) is 7.89. The maximum absolute atomic E-state index is 6.32. The molecule has 1 fully saturated rings. The molecule has 182 valence electrons. The van der Waals surface area contributed by atoms with Gasteiger partial charge >= 0.3 is 7.12 Å². The van der Waals surface area contributed by atoms with Gasteiger partial charge in [0.1, 0.15) is 0 Å². The molecule has 0 aromatic heterocycles. The predicted octanol–water partition coefficient (Wildman–Crippen LogP) is 8.14. The lowest BCUT2D eigenvalue weighted by Gasteiger charge is -2.32. The molecule has 0 bridgehead atoms. The summed E-state index contributed by atoms with van der Waals surface area (Å²) in [6, 6.07) is 41.2. The third-order valence-corrected chi connectivity index (χ3v) is 7.89. The van der Waals surface area contributed by atoms with E-state index in [1.165, 1.54) is 38.6 Å². The van der Waals surface area contributed by atoms with E-state index in [0.717, 1.165) is 11.0 Å². The molecule has 0 saturated carbocycles. The van der Waals surface area contributed by atoms with Crippen molar-refractivity contribution in [2.24, 2.45) is 0 Å². The molecule has 1 aliphatic heterocycles. The van der Waals surface area contributed by atoms with Crippen molar-refractivity contribution in [1.29, 1.82) is 0 Å². The Balaban J connectivity index is 1.45. The fourth-order valence-corrected chi connectivity index (χ4v) is 5.05. The fourth-order valence-electron chi connectivity index (χ4n) is 5.05. The molecule has 0 radical (unpaired) electrons. The second-order valence-electron chi connectivity index (χ2n) is 10.9. The van der Waals surface area contributed by atoms with Crippen LogP contribution in [-0.4, -0.2) is 18.3 Å². The lowest BCUT2D eigenvalue weighted by molar-refractivity contribution is 0.00578. The van der Waals surface area contributed by atoms with Crippen LogP contribution in [0.3, 0.4) is 0 Å². The quantitative estimate of drug-likeness (QED) is 0.241. The van der Waals surface area contributed by atoms with Crippen molar-refractivity contribution in [2.45, 2.75) is 38.9 Å². The van der Waals surface area contributed by atoms with Gasteiger partial charge in [-0.15, -0.1) is 0 Å². The van der Waals surface area contributed by atoms with Crippen LogP contribution in [0.1, 0.15) is 27.7 Å². The van der Waals surface area contributed by atoms with E-state index in [2.05, 4.69) is 143 Å². The van der Waals surface area contributed by atoms with E-state index in [1.54, 1.807) is 0 Å². The van der Waals surface area contributed by atoms with Crippen LogP contribution in [0.2, 0.25) is 0 Å². The third kappa shape index (κ3) is 4.39. The minimum atomic E-state index is -0.375. The topological polar surface area (TPSA) is 18.5 Å². The van der Waals surface area contributed by atoms with E-state index in [1.807, 2.05) is 0 Å². The zero-order chi connectivity index (χ0) is 25.6. The maximum Gasteiger partial charge on any atom is 0.494 e.